The van der Waals surface area contributed by atoms with Gasteiger partial charge in [-0.1, -0.05) is 0 Å². The molecule has 0 atom stereocenters. The Balaban J connectivity index is 1.91. The molecule has 2 aliphatic rings. The van der Waals surface area contributed by atoms with Gasteiger partial charge in [0, 0.05) is 13.1 Å². The van der Waals surface area contributed by atoms with Crippen LogP contribution in [-0.4, -0.2) is 67.7 Å². The van der Waals surface area contributed by atoms with Crippen molar-refractivity contribution in [1.29, 1.82) is 0 Å². The summed E-state index contributed by atoms with van der Waals surface area (Å²) in [7, 11) is 0. The molecule has 0 saturated carbocycles. The quantitative estimate of drug-likeness (QED) is 0.735. The highest BCUT2D eigenvalue weighted by Gasteiger charge is 2.42. The Hall–Kier alpha value is -2.61. The molecule has 2 heterocycles. The van der Waals surface area contributed by atoms with Crippen molar-refractivity contribution in [2.24, 2.45) is 0 Å². The molecule has 8 nitrogen and oxygen atoms in total. The van der Waals surface area contributed by atoms with Crippen LogP contribution in [0.5, 0.6) is 5.75 Å². The Morgan fingerprint density at radius 1 is 1.22 bits per heavy atom. The molecule has 27 heavy (non-hydrogen) atoms. The topological polar surface area (TPSA) is 85.4 Å². The average Bonchev–Trinajstić information content (AvgIpc) is 2.65. The largest absolute Gasteiger partial charge is 0.476 e. The number of hydrogen-bond donors (Lipinski definition) is 0. The smallest absolute Gasteiger partial charge is 0.338 e. The summed E-state index contributed by atoms with van der Waals surface area (Å²) >= 11 is 0. The van der Waals surface area contributed by atoms with Crippen LogP contribution in [-0.2, 0) is 19.1 Å². The summed E-state index contributed by atoms with van der Waals surface area (Å²) in [6.07, 6.45) is 0. The first-order valence-corrected chi connectivity index (χ1v) is 9.01. The maximum atomic E-state index is 12.9. The van der Waals surface area contributed by atoms with Crippen LogP contribution in [0.3, 0.4) is 0 Å². The van der Waals surface area contributed by atoms with Crippen molar-refractivity contribution in [3.05, 3.63) is 23.8 Å². The van der Waals surface area contributed by atoms with Crippen LogP contribution in [0.2, 0.25) is 0 Å². The third-order valence-electron chi connectivity index (χ3n) is 4.54. The third kappa shape index (κ3) is 3.90. The van der Waals surface area contributed by atoms with E-state index in [1.165, 1.54) is 11.0 Å². The zero-order chi connectivity index (χ0) is 19.6. The van der Waals surface area contributed by atoms with E-state index >= 15 is 0 Å². The van der Waals surface area contributed by atoms with Gasteiger partial charge in [0.1, 0.15) is 12.3 Å². The predicted octanol–water partition coefficient (Wildman–Crippen LogP) is 1.23. The lowest BCUT2D eigenvalue weighted by Gasteiger charge is -2.39. The van der Waals surface area contributed by atoms with Crippen LogP contribution in [0.15, 0.2) is 18.2 Å². The van der Waals surface area contributed by atoms with Crippen molar-refractivity contribution in [3.63, 3.8) is 0 Å². The zero-order valence-corrected chi connectivity index (χ0v) is 15.8. The Kier molecular flexibility index (Phi) is 5.36. The normalized spacial score (nSPS) is 18.6. The molecule has 1 aromatic carbocycles. The number of nitrogens with zero attached hydrogens (tertiary/aromatic N) is 2. The molecule has 2 amide bonds. The standard InChI is InChI=1S/C19H24N2O6/c1-4-26-17(23)13-5-6-15-14(11-13)21(18(24)19(2,3)27-15)12-16(22)20-7-9-25-10-8-20/h5-6,11H,4,7-10,12H2,1-3H3. The van der Waals surface area contributed by atoms with Crippen molar-refractivity contribution in [1.82, 2.24) is 4.90 Å². The summed E-state index contributed by atoms with van der Waals surface area (Å²) in [6, 6.07) is 4.75. The monoisotopic (exact) mass is 376 g/mol. The van der Waals surface area contributed by atoms with Crippen LogP contribution in [0.4, 0.5) is 5.69 Å². The molecule has 0 N–H and O–H groups in total. The number of ether oxygens (including phenoxy) is 3. The molecule has 8 heteroatoms. The molecular formula is C19H24N2O6. The predicted molar refractivity (Wildman–Crippen MR) is 96.9 cm³/mol. The first-order chi connectivity index (χ1) is 12.8. The molecular weight excluding hydrogens is 352 g/mol. The highest BCUT2D eigenvalue weighted by Crippen LogP contribution is 2.38. The first kappa shape index (κ1) is 19.2. The Labute approximate surface area is 158 Å². The molecule has 0 unspecified atom stereocenters. The number of amides is 2. The van der Waals surface area contributed by atoms with Gasteiger partial charge in [-0.25, -0.2) is 4.79 Å². The fraction of sp³-hybridized carbons (Fsp3) is 0.526. The number of carbonyl (C=O) groups is 3. The first-order valence-electron chi connectivity index (χ1n) is 9.01. The average molecular weight is 376 g/mol. The van der Waals surface area contributed by atoms with Crippen molar-refractivity contribution < 1.29 is 28.6 Å². The lowest BCUT2D eigenvalue weighted by Crippen LogP contribution is -2.56. The molecule has 1 saturated heterocycles. The number of hydrogen-bond acceptors (Lipinski definition) is 6. The van der Waals surface area contributed by atoms with E-state index in [1.807, 2.05) is 0 Å². The van der Waals surface area contributed by atoms with Gasteiger partial charge < -0.3 is 19.1 Å². The second-order valence-electron chi connectivity index (χ2n) is 6.90. The Morgan fingerprint density at radius 3 is 2.59 bits per heavy atom. The molecule has 0 bridgehead atoms. The minimum absolute atomic E-state index is 0.120. The van der Waals surface area contributed by atoms with Gasteiger partial charge in [0.2, 0.25) is 5.91 Å². The SMILES string of the molecule is CCOC(=O)c1ccc2c(c1)N(CC(=O)N1CCOCC1)C(=O)C(C)(C)O2. The highest BCUT2D eigenvalue weighted by atomic mass is 16.5. The second-order valence-corrected chi connectivity index (χ2v) is 6.90. The lowest BCUT2D eigenvalue weighted by atomic mass is 10.0. The van der Waals surface area contributed by atoms with Crippen LogP contribution < -0.4 is 9.64 Å². The van der Waals surface area contributed by atoms with E-state index in [9.17, 15) is 14.4 Å². The zero-order valence-electron chi connectivity index (χ0n) is 15.8. The second kappa shape index (κ2) is 7.56. The van der Waals surface area contributed by atoms with E-state index in [4.69, 9.17) is 14.2 Å². The number of rotatable bonds is 4. The summed E-state index contributed by atoms with van der Waals surface area (Å²) in [5, 5.41) is 0. The molecule has 0 aromatic heterocycles. The number of carbonyl (C=O) groups excluding carboxylic acids is 3. The van der Waals surface area contributed by atoms with Crippen molar-refractivity contribution in [2.75, 3.05) is 44.4 Å². The van der Waals surface area contributed by atoms with E-state index < -0.39 is 11.6 Å². The van der Waals surface area contributed by atoms with Gasteiger partial charge in [-0.3, -0.25) is 14.5 Å². The summed E-state index contributed by atoms with van der Waals surface area (Å²) in [5.74, 6) is -0.547. The van der Waals surface area contributed by atoms with E-state index in [0.717, 1.165) is 0 Å². The minimum Gasteiger partial charge on any atom is -0.476 e. The Bertz CT molecular complexity index is 755. The molecule has 1 aromatic rings. The van der Waals surface area contributed by atoms with E-state index in [-0.39, 0.29) is 25.0 Å². The molecule has 2 aliphatic heterocycles. The van der Waals surface area contributed by atoms with Gasteiger partial charge in [0.25, 0.3) is 5.91 Å². The van der Waals surface area contributed by atoms with Crippen molar-refractivity contribution in [2.45, 2.75) is 26.4 Å². The summed E-state index contributed by atoms with van der Waals surface area (Å²) < 4.78 is 16.1. The van der Waals surface area contributed by atoms with Crippen LogP contribution in [0.1, 0.15) is 31.1 Å². The van der Waals surface area contributed by atoms with Crippen LogP contribution in [0.25, 0.3) is 0 Å². The summed E-state index contributed by atoms with van der Waals surface area (Å²) in [4.78, 5) is 40.7. The maximum Gasteiger partial charge on any atom is 0.338 e. The highest BCUT2D eigenvalue weighted by molar-refractivity contribution is 6.06. The van der Waals surface area contributed by atoms with E-state index in [0.29, 0.717) is 43.3 Å². The third-order valence-corrected chi connectivity index (χ3v) is 4.54. The molecule has 0 radical (unpaired) electrons. The number of fused-ring (bicyclic) bond motifs is 1. The van der Waals surface area contributed by atoms with Crippen molar-refractivity contribution in [3.8, 4) is 5.75 Å². The molecule has 1 fully saturated rings. The van der Waals surface area contributed by atoms with E-state index in [1.54, 1.807) is 37.8 Å². The van der Waals surface area contributed by atoms with Crippen LogP contribution >= 0.6 is 0 Å². The fourth-order valence-electron chi connectivity index (χ4n) is 3.11. The van der Waals surface area contributed by atoms with Gasteiger partial charge in [-0.2, -0.15) is 0 Å². The number of benzene rings is 1. The maximum absolute atomic E-state index is 12.9. The minimum atomic E-state index is -1.11. The molecule has 0 spiro atoms. The van der Waals surface area contributed by atoms with Gasteiger partial charge in [0.15, 0.2) is 5.60 Å². The van der Waals surface area contributed by atoms with Gasteiger partial charge in [0.05, 0.1) is 31.1 Å². The number of esters is 1. The van der Waals surface area contributed by atoms with Gasteiger partial charge in [-0.15, -0.1) is 0 Å². The van der Waals surface area contributed by atoms with Crippen LogP contribution in [0, 0.1) is 0 Å². The summed E-state index contributed by atoms with van der Waals surface area (Å²) in [5.41, 5.74) is -0.411. The van der Waals surface area contributed by atoms with Gasteiger partial charge in [-0.05, 0) is 39.0 Å². The number of anilines is 1. The Morgan fingerprint density at radius 2 is 1.93 bits per heavy atom. The van der Waals surface area contributed by atoms with Gasteiger partial charge >= 0.3 is 5.97 Å². The van der Waals surface area contributed by atoms with Crippen molar-refractivity contribution >= 4 is 23.5 Å². The molecule has 146 valence electrons. The number of morpholine rings is 1. The van der Waals surface area contributed by atoms with E-state index in [2.05, 4.69) is 0 Å². The fourth-order valence-corrected chi connectivity index (χ4v) is 3.11. The molecule has 0 aliphatic carbocycles. The lowest BCUT2D eigenvalue weighted by molar-refractivity contribution is -0.138. The summed E-state index contributed by atoms with van der Waals surface area (Å²) in [6.45, 7) is 7.12. The molecule has 3 rings (SSSR count).